The fourth-order valence-corrected chi connectivity index (χ4v) is 7.99. The van der Waals surface area contributed by atoms with Gasteiger partial charge in [0.05, 0.1) is 19.8 Å². The number of rotatable bonds is 40. The van der Waals surface area contributed by atoms with Crippen LogP contribution in [0.2, 0.25) is 0 Å². The Bertz CT molecular complexity index is 1310. The molecule has 390 valence electrons. The summed E-state index contributed by atoms with van der Waals surface area (Å²) in [6, 6.07) is 0. The number of aliphatic hydroxyl groups excluding tert-OH is 7. The highest BCUT2D eigenvalue weighted by Crippen LogP contribution is 2.26. The van der Waals surface area contributed by atoms with Crippen LogP contribution in [-0.2, 0) is 38.0 Å². The quantitative estimate of drug-likeness (QED) is 0.0181. The molecule has 0 amide bonds. The van der Waals surface area contributed by atoms with Gasteiger partial charge in [-0.2, -0.15) is 0 Å². The Labute approximate surface area is 402 Å². The normalized spacial score (nSPS) is 26.2. The summed E-state index contributed by atoms with van der Waals surface area (Å²) in [5, 5.41) is 72.1. The first kappa shape index (κ1) is 60.8. The third-order valence-corrected chi connectivity index (χ3v) is 12.3. The second-order valence-electron chi connectivity index (χ2n) is 18.3. The van der Waals surface area contributed by atoms with Crippen LogP contribution < -0.4 is 0 Å². The molecular weight excluding hydrogens is 865 g/mol. The van der Waals surface area contributed by atoms with Crippen molar-refractivity contribution in [3.63, 3.8) is 0 Å². The van der Waals surface area contributed by atoms with Crippen LogP contribution in [0.5, 0.6) is 0 Å². The van der Waals surface area contributed by atoms with Gasteiger partial charge in [0.1, 0.15) is 55.4 Å². The van der Waals surface area contributed by atoms with Crippen molar-refractivity contribution >= 4 is 11.9 Å². The van der Waals surface area contributed by atoms with E-state index < -0.39 is 92.7 Å². The summed E-state index contributed by atoms with van der Waals surface area (Å²) >= 11 is 0. The molecule has 4 unspecified atom stereocenters. The van der Waals surface area contributed by atoms with Crippen molar-refractivity contribution < 1.29 is 73.8 Å². The molecule has 0 bridgehead atoms. The van der Waals surface area contributed by atoms with Gasteiger partial charge in [0.2, 0.25) is 0 Å². The van der Waals surface area contributed by atoms with E-state index in [-0.39, 0.29) is 26.1 Å². The van der Waals surface area contributed by atoms with Gasteiger partial charge < -0.3 is 64.2 Å². The van der Waals surface area contributed by atoms with Gasteiger partial charge in [-0.25, -0.2) is 0 Å². The Morgan fingerprint density at radius 1 is 0.478 bits per heavy atom. The molecule has 11 atom stereocenters. The number of hydrogen-bond acceptors (Lipinski definition) is 15. The first-order chi connectivity index (χ1) is 32.5. The smallest absolute Gasteiger partial charge is 0.306 e. The van der Waals surface area contributed by atoms with E-state index in [0.29, 0.717) is 12.8 Å². The predicted octanol–water partition coefficient (Wildman–Crippen LogP) is 7.32. The van der Waals surface area contributed by atoms with Gasteiger partial charge in [-0.1, -0.05) is 147 Å². The van der Waals surface area contributed by atoms with Crippen molar-refractivity contribution in [2.75, 3.05) is 26.4 Å². The lowest BCUT2D eigenvalue weighted by molar-refractivity contribution is -0.332. The molecule has 0 radical (unpaired) electrons. The number of carbonyl (C=O) groups is 2. The van der Waals surface area contributed by atoms with E-state index in [2.05, 4.69) is 50.3 Å². The summed E-state index contributed by atoms with van der Waals surface area (Å²) in [5.74, 6) is -0.944. The molecule has 2 fully saturated rings. The maximum Gasteiger partial charge on any atom is 0.306 e. The average molecular weight is 957 g/mol. The minimum atomic E-state index is -1.77. The van der Waals surface area contributed by atoms with E-state index in [1.54, 1.807) is 0 Å². The Kier molecular flexibility index (Phi) is 35.8. The fraction of sp³-hybridized carbons (Fsp3) is 0.846. The molecule has 67 heavy (non-hydrogen) atoms. The van der Waals surface area contributed by atoms with Crippen molar-refractivity contribution in [3.05, 3.63) is 36.5 Å². The molecule has 0 aromatic carbocycles. The lowest BCUT2D eigenvalue weighted by Gasteiger charge is -2.42. The first-order valence-corrected chi connectivity index (χ1v) is 26.1. The number of esters is 2. The standard InChI is InChI=1S/C52H92O15/c1-3-5-7-9-11-13-15-17-19-20-21-23-24-26-28-30-32-34-43(54)62-37-40(65-44(55)35-33-31-29-27-25-22-18-16-14-12-10-8-6-4-2)38-63-51-50(61)48(59)46(57)42(67-51)39-64-52-49(60)47(58)45(56)41(36-53)66-52/h10,12,16-19,40-42,45-53,56-61H,3-9,11,13-15,20-39H2,1-2H3/b12-10+,18-16+,19-17+/t40-,41+,42+,45-,46-,47?,48?,49?,50?,51+,52+/m0/s1. The second-order valence-corrected chi connectivity index (χ2v) is 18.3. The number of carbonyl (C=O) groups excluding carboxylic acids is 2. The van der Waals surface area contributed by atoms with Gasteiger partial charge in [-0.15, -0.1) is 0 Å². The monoisotopic (exact) mass is 957 g/mol. The van der Waals surface area contributed by atoms with Crippen LogP contribution in [0.15, 0.2) is 36.5 Å². The lowest BCUT2D eigenvalue weighted by Crippen LogP contribution is -2.61. The Hall–Kier alpha value is -2.28. The van der Waals surface area contributed by atoms with Crippen LogP contribution >= 0.6 is 0 Å². The highest BCUT2D eigenvalue weighted by Gasteiger charge is 2.47. The number of ether oxygens (including phenoxy) is 6. The van der Waals surface area contributed by atoms with Crippen LogP contribution in [0.4, 0.5) is 0 Å². The molecule has 15 heteroatoms. The maximum absolute atomic E-state index is 13.0. The van der Waals surface area contributed by atoms with E-state index >= 15 is 0 Å². The van der Waals surface area contributed by atoms with E-state index in [1.807, 2.05) is 0 Å². The molecule has 2 aliphatic rings. The predicted molar refractivity (Wildman–Crippen MR) is 257 cm³/mol. The molecule has 7 N–H and O–H groups in total. The summed E-state index contributed by atoms with van der Waals surface area (Å²) in [7, 11) is 0. The highest BCUT2D eigenvalue weighted by atomic mass is 16.7. The number of hydrogen-bond donors (Lipinski definition) is 7. The molecule has 2 saturated heterocycles. The van der Waals surface area contributed by atoms with Gasteiger partial charge in [0.25, 0.3) is 0 Å². The van der Waals surface area contributed by atoms with Crippen LogP contribution in [0.1, 0.15) is 187 Å². The zero-order valence-corrected chi connectivity index (χ0v) is 41.1. The summed E-state index contributed by atoms with van der Waals surface area (Å²) in [6.45, 7) is 2.53. The number of aliphatic hydroxyl groups is 7. The summed E-state index contributed by atoms with van der Waals surface area (Å²) in [6.07, 6.45) is 24.5. The van der Waals surface area contributed by atoms with Crippen LogP contribution in [0, 0.1) is 0 Å². The minimum Gasteiger partial charge on any atom is -0.462 e. The Morgan fingerprint density at radius 3 is 1.45 bits per heavy atom. The molecule has 2 rings (SSSR count). The molecule has 2 heterocycles. The molecule has 0 spiro atoms. The Morgan fingerprint density at radius 2 is 0.910 bits per heavy atom. The molecular formula is C52H92O15. The molecule has 0 saturated carbocycles. The SMILES string of the molecule is CCCC/C=C/C/C=C/CCCCCCCC(=O)O[C@@H](COC(=O)CCCCCCCCC/C=C/CCCCCCCC)CO[C@@H]1O[C@H](CO[C@@H]2O[C@H](CO)[C@H](O)C(O)C2O)[C@H](O)C(O)C1O. The van der Waals surface area contributed by atoms with Crippen molar-refractivity contribution in [2.45, 2.75) is 255 Å². The molecule has 0 aromatic heterocycles. The van der Waals surface area contributed by atoms with Crippen molar-refractivity contribution in [3.8, 4) is 0 Å². The molecule has 0 aromatic rings. The average Bonchev–Trinajstić information content (AvgIpc) is 3.32. The van der Waals surface area contributed by atoms with Gasteiger partial charge >= 0.3 is 11.9 Å². The van der Waals surface area contributed by atoms with E-state index in [1.165, 1.54) is 77.0 Å². The van der Waals surface area contributed by atoms with Gasteiger partial charge in [-0.05, 0) is 64.2 Å². The topological polar surface area (TPSA) is 231 Å². The summed E-state index contributed by atoms with van der Waals surface area (Å²) in [4.78, 5) is 25.8. The van der Waals surface area contributed by atoms with Crippen molar-refractivity contribution in [2.24, 2.45) is 0 Å². The second kappa shape index (κ2) is 39.4. The van der Waals surface area contributed by atoms with E-state index in [9.17, 15) is 45.3 Å². The zero-order chi connectivity index (χ0) is 48.9. The van der Waals surface area contributed by atoms with Gasteiger partial charge in [-0.3, -0.25) is 9.59 Å². The van der Waals surface area contributed by atoms with Crippen molar-refractivity contribution in [1.82, 2.24) is 0 Å². The van der Waals surface area contributed by atoms with Gasteiger partial charge in [0.15, 0.2) is 18.7 Å². The minimum absolute atomic E-state index is 0.148. The number of unbranched alkanes of at least 4 members (excludes halogenated alkanes) is 20. The van der Waals surface area contributed by atoms with Crippen LogP contribution in [0.25, 0.3) is 0 Å². The largest absolute Gasteiger partial charge is 0.462 e. The highest BCUT2D eigenvalue weighted by molar-refractivity contribution is 5.70. The van der Waals surface area contributed by atoms with Crippen LogP contribution in [0.3, 0.4) is 0 Å². The zero-order valence-electron chi connectivity index (χ0n) is 41.1. The summed E-state index contributed by atoms with van der Waals surface area (Å²) < 4.78 is 33.6. The van der Waals surface area contributed by atoms with E-state index in [0.717, 1.165) is 70.6 Å². The maximum atomic E-state index is 13.0. The Balaban J connectivity index is 1.81. The molecule has 15 nitrogen and oxygen atoms in total. The van der Waals surface area contributed by atoms with Crippen molar-refractivity contribution in [1.29, 1.82) is 0 Å². The third kappa shape index (κ3) is 27.6. The molecule has 2 aliphatic heterocycles. The fourth-order valence-electron chi connectivity index (χ4n) is 7.99. The van der Waals surface area contributed by atoms with Gasteiger partial charge in [0, 0.05) is 12.8 Å². The molecule has 0 aliphatic carbocycles. The first-order valence-electron chi connectivity index (χ1n) is 26.1. The summed E-state index contributed by atoms with van der Waals surface area (Å²) in [5.41, 5.74) is 0. The third-order valence-electron chi connectivity index (χ3n) is 12.3. The van der Waals surface area contributed by atoms with E-state index in [4.69, 9.17) is 28.4 Å². The lowest BCUT2D eigenvalue weighted by atomic mass is 9.98. The van der Waals surface area contributed by atoms with Crippen LogP contribution in [-0.4, -0.2) is 142 Å². The number of allylic oxidation sites excluding steroid dienone is 6.